The first-order chi connectivity index (χ1) is 10.5. The molecule has 2 N–H and O–H groups in total. The zero-order valence-corrected chi connectivity index (χ0v) is 13.6. The zero-order chi connectivity index (χ0) is 16.1. The molecule has 0 amide bonds. The van der Waals surface area contributed by atoms with E-state index in [-0.39, 0.29) is 12.6 Å². The summed E-state index contributed by atoms with van der Waals surface area (Å²) in [5.41, 5.74) is 0. The molecule has 2 aliphatic rings. The maximum atomic E-state index is 9.68. The summed E-state index contributed by atoms with van der Waals surface area (Å²) in [5, 5.41) is 21.5. The summed E-state index contributed by atoms with van der Waals surface area (Å²) in [6.45, 7) is 1.64. The van der Waals surface area contributed by atoms with E-state index in [1.165, 1.54) is 12.8 Å². The van der Waals surface area contributed by atoms with Crippen molar-refractivity contribution < 1.29 is 15.0 Å². The van der Waals surface area contributed by atoms with Crippen molar-refractivity contribution in [1.82, 2.24) is 14.7 Å². The molecule has 1 aromatic rings. The number of rotatable bonds is 4. The van der Waals surface area contributed by atoms with Crippen LogP contribution in [0.4, 0.5) is 0 Å². The summed E-state index contributed by atoms with van der Waals surface area (Å²) in [6, 6.07) is 0.675. The number of carbonyl (C=O) groups is 1. The van der Waals surface area contributed by atoms with E-state index in [9.17, 15) is 5.11 Å². The SMILES string of the molecule is CN(CCn1cc(Cl)cn1)C1C[C@H]2CC(O)C[C@H]2C1.O=CO. The molecule has 7 heteroatoms. The minimum atomic E-state index is -0.250. The van der Waals surface area contributed by atoms with Crippen LogP contribution in [0.1, 0.15) is 25.7 Å². The first kappa shape index (κ1) is 17.2. The van der Waals surface area contributed by atoms with Gasteiger partial charge in [-0.05, 0) is 44.6 Å². The van der Waals surface area contributed by atoms with Crippen LogP contribution in [0.25, 0.3) is 0 Å². The van der Waals surface area contributed by atoms with Crippen molar-refractivity contribution in [3.8, 4) is 0 Å². The Morgan fingerprint density at radius 2 is 2.00 bits per heavy atom. The Balaban J connectivity index is 0.000000545. The van der Waals surface area contributed by atoms with Crippen LogP contribution < -0.4 is 0 Å². The minimum Gasteiger partial charge on any atom is -0.483 e. The molecular weight excluding hydrogens is 306 g/mol. The Morgan fingerprint density at radius 1 is 1.41 bits per heavy atom. The molecule has 2 unspecified atom stereocenters. The molecule has 2 saturated carbocycles. The minimum absolute atomic E-state index is 0.0347. The first-order valence-electron chi connectivity index (χ1n) is 7.67. The van der Waals surface area contributed by atoms with E-state index in [0.29, 0.717) is 11.1 Å². The van der Waals surface area contributed by atoms with Crippen LogP contribution in [0.2, 0.25) is 5.02 Å². The molecule has 2 fully saturated rings. The molecule has 0 bridgehead atoms. The van der Waals surface area contributed by atoms with Gasteiger partial charge in [-0.3, -0.25) is 9.48 Å². The van der Waals surface area contributed by atoms with Crippen LogP contribution in [0.5, 0.6) is 0 Å². The van der Waals surface area contributed by atoms with Crippen LogP contribution in [0.15, 0.2) is 12.4 Å². The second-order valence-electron chi connectivity index (χ2n) is 6.28. The van der Waals surface area contributed by atoms with Gasteiger partial charge in [0.1, 0.15) is 0 Å². The van der Waals surface area contributed by atoms with Crippen LogP contribution in [0, 0.1) is 11.8 Å². The summed E-state index contributed by atoms with van der Waals surface area (Å²) < 4.78 is 1.90. The molecule has 0 radical (unpaired) electrons. The van der Waals surface area contributed by atoms with Gasteiger partial charge in [-0.25, -0.2) is 0 Å². The standard InChI is InChI=1S/C14H22ClN3O.CH2O2/c1-17(2-3-18-9-12(15)8-16-18)13-4-10-6-14(19)7-11(10)5-13;2-1-3/h8-11,13-14,19H,2-7H2,1H3;1H,(H,2,3)/t10-,11+,13?,14?;. The van der Waals surface area contributed by atoms with Crippen LogP contribution in [0.3, 0.4) is 0 Å². The van der Waals surface area contributed by atoms with E-state index in [1.54, 1.807) is 6.20 Å². The molecule has 0 saturated heterocycles. The van der Waals surface area contributed by atoms with Crippen LogP contribution in [-0.4, -0.2) is 57.1 Å². The molecule has 124 valence electrons. The maximum absolute atomic E-state index is 9.68. The van der Waals surface area contributed by atoms with Gasteiger partial charge in [0.15, 0.2) is 0 Å². The maximum Gasteiger partial charge on any atom is 0.290 e. The lowest BCUT2D eigenvalue weighted by Gasteiger charge is -2.25. The Bertz CT molecular complexity index is 468. The summed E-state index contributed by atoms with van der Waals surface area (Å²) in [4.78, 5) is 10.8. The van der Waals surface area contributed by atoms with Gasteiger partial charge in [0, 0.05) is 18.8 Å². The fraction of sp³-hybridized carbons (Fsp3) is 0.733. The van der Waals surface area contributed by atoms with Crippen molar-refractivity contribution in [2.75, 3.05) is 13.6 Å². The molecule has 0 spiro atoms. The smallest absolute Gasteiger partial charge is 0.290 e. The van der Waals surface area contributed by atoms with Crippen molar-refractivity contribution in [1.29, 1.82) is 0 Å². The summed E-state index contributed by atoms with van der Waals surface area (Å²) in [5.74, 6) is 1.50. The average Bonchev–Trinajstić information content (AvgIpc) is 3.11. The van der Waals surface area contributed by atoms with Crippen molar-refractivity contribution in [2.24, 2.45) is 11.8 Å². The molecule has 4 atom stereocenters. The number of aromatic nitrogens is 2. The van der Waals surface area contributed by atoms with E-state index in [2.05, 4.69) is 17.0 Å². The number of hydrogen-bond acceptors (Lipinski definition) is 4. The Labute approximate surface area is 135 Å². The molecule has 22 heavy (non-hydrogen) atoms. The highest BCUT2D eigenvalue weighted by atomic mass is 35.5. The molecule has 0 aliphatic heterocycles. The van der Waals surface area contributed by atoms with Gasteiger partial charge < -0.3 is 15.1 Å². The van der Waals surface area contributed by atoms with E-state index >= 15 is 0 Å². The van der Waals surface area contributed by atoms with Gasteiger partial charge in [0.25, 0.3) is 6.47 Å². The number of halogens is 1. The third kappa shape index (κ3) is 4.44. The Hall–Kier alpha value is -1.11. The van der Waals surface area contributed by atoms with Gasteiger partial charge >= 0.3 is 0 Å². The Kier molecular flexibility index (Phi) is 6.23. The predicted molar refractivity (Wildman–Crippen MR) is 83.8 cm³/mol. The number of carboxylic acid groups (broad SMARTS) is 1. The van der Waals surface area contributed by atoms with Gasteiger partial charge in [-0.15, -0.1) is 0 Å². The quantitative estimate of drug-likeness (QED) is 0.822. The van der Waals surface area contributed by atoms with E-state index in [1.807, 2.05) is 10.9 Å². The zero-order valence-electron chi connectivity index (χ0n) is 12.8. The third-order valence-electron chi connectivity index (χ3n) is 4.87. The van der Waals surface area contributed by atoms with E-state index < -0.39 is 0 Å². The molecule has 6 nitrogen and oxygen atoms in total. The topological polar surface area (TPSA) is 78.6 Å². The number of aliphatic hydroxyl groups excluding tert-OH is 1. The lowest BCUT2D eigenvalue weighted by atomic mass is 10.0. The highest BCUT2D eigenvalue weighted by Crippen LogP contribution is 2.45. The molecule has 1 aromatic heterocycles. The molecule has 1 heterocycles. The van der Waals surface area contributed by atoms with E-state index in [0.717, 1.165) is 37.8 Å². The normalized spacial score (nSPS) is 30.0. The van der Waals surface area contributed by atoms with Crippen molar-refractivity contribution >= 4 is 18.1 Å². The second kappa shape index (κ2) is 7.94. The molecule has 2 aliphatic carbocycles. The van der Waals surface area contributed by atoms with Crippen LogP contribution in [-0.2, 0) is 11.3 Å². The number of nitrogens with zero attached hydrogens (tertiary/aromatic N) is 3. The number of aliphatic hydroxyl groups is 1. The Morgan fingerprint density at radius 3 is 2.50 bits per heavy atom. The monoisotopic (exact) mass is 329 g/mol. The van der Waals surface area contributed by atoms with Crippen molar-refractivity contribution in [3.63, 3.8) is 0 Å². The average molecular weight is 330 g/mol. The predicted octanol–water partition coefficient (Wildman–Crippen LogP) is 1.72. The highest BCUT2D eigenvalue weighted by molar-refractivity contribution is 6.30. The fourth-order valence-corrected chi connectivity index (χ4v) is 3.97. The lowest BCUT2D eigenvalue weighted by Crippen LogP contribution is -2.33. The number of likely N-dealkylation sites (N-methyl/N-ethyl adjacent to an activating group) is 1. The van der Waals surface area contributed by atoms with Crippen LogP contribution >= 0.6 is 11.6 Å². The van der Waals surface area contributed by atoms with Gasteiger partial charge in [0.05, 0.1) is 23.9 Å². The number of hydrogen-bond donors (Lipinski definition) is 2. The molecule has 0 aromatic carbocycles. The number of fused-ring (bicyclic) bond motifs is 1. The lowest BCUT2D eigenvalue weighted by molar-refractivity contribution is -0.122. The fourth-order valence-electron chi connectivity index (χ4n) is 3.82. The summed E-state index contributed by atoms with van der Waals surface area (Å²) in [7, 11) is 2.20. The van der Waals surface area contributed by atoms with E-state index in [4.69, 9.17) is 21.5 Å². The molecular formula is C15H24ClN3O3. The molecule has 3 rings (SSSR count). The van der Waals surface area contributed by atoms with Gasteiger partial charge in [0.2, 0.25) is 0 Å². The second-order valence-corrected chi connectivity index (χ2v) is 6.71. The van der Waals surface area contributed by atoms with Gasteiger partial charge in [-0.2, -0.15) is 5.10 Å². The van der Waals surface area contributed by atoms with Crippen molar-refractivity contribution in [3.05, 3.63) is 17.4 Å². The summed E-state index contributed by atoms with van der Waals surface area (Å²) in [6.07, 6.45) is 8.05. The first-order valence-corrected chi connectivity index (χ1v) is 8.05. The highest BCUT2D eigenvalue weighted by Gasteiger charge is 2.42. The van der Waals surface area contributed by atoms with Crippen molar-refractivity contribution in [2.45, 2.75) is 44.4 Å². The largest absolute Gasteiger partial charge is 0.483 e. The van der Waals surface area contributed by atoms with Gasteiger partial charge in [-0.1, -0.05) is 11.6 Å². The summed E-state index contributed by atoms with van der Waals surface area (Å²) >= 11 is 5.86. The third-order valence-corrected chi connectivity index (χ3v) is 5.07.